The minimum atomic E-state index is 0.948. The fourth-order valence-corrected chi connectivity index (χ4v) is 14.9. The van der Waals surface area contributed by atoms with E-state index in [0.717, 1.165) is 37.6 Å². The van der Waals surface area contributed by atoms with Gasteiger partial charge in [-0.2, -0.15) is 0 Å². The van der Waals surface area contributed by atoms with E-state index in [4.69, 9.17) is 0 Å². The Kier molecular flexibility index (Phi) is 3.86. The zero-order valence-electron chi connectivity index (χ0n) is 3.79. The van der Waals surface area contributed by atoms with Crippen molar-refractivity contribution in [3.63, 3.8) is 0 Å². The normalized spacial score (nSPS) is 21.7. The molecule has 1 aliphatic rings. The molecule has 0 atom stereocenters. The quantitative estimate of drug-likeness (QED) is 0.562. The van der Waals surface area contributed by atoms with Gasteiger partial charge in [0.2, 0.25) is 0 Å². The van der Waals surface area contributed by atoms with Gasteiger partial charge >= 0.3 is 60.4 Å². The van der Waals surface area contributed by atoms with Gasteiger partial charge in [0.25, 0.3) is 0 Å². The third-order valence-electron chi connectivity index (χ3n) is 0.607. The van der Waals surface area contributed by atoms with E-state index in [-0.39, 0.29) is 0 Å². The standard InChI is InChI=1S/C4H6Se3/c1-2-4-6-7-5-3-1/h1,3H,2,4H2. The Morgan fingerprint density at radius 1 is 1.43 bits per heavy atom. The molecule has 0 spiro atoms. The monoisotopic (exact) mass is 294 g/mol. The van der Waals surface area contributed by atoms with Gasteiger partial charge in [0.1, 0.15) is 0 Å². The summed E-state index contributed by atoms with van der Waals surface area (Å²) in [5, 5.41) is 1.52. The molecule has 0 saturated carbocycles. The van der Waals surface area contributed by atoms with E-state index in [1.165, 1.54) is 11.7 Å². The molecule has 0 aromatic rings. The molecule has 7 heavy (non-hydrogen) atoms. The summed E-state index contributed by atoms with van der Waals surface area (Å²) in [6.07, 6.45) is 3.74. The van der Waals surface area contributed by atoms with Crippen LogP contribution in [0.2, 0.25) is 5.32 Å². The molecule has 40 valence electrons. The van der Waals surface area contributed by atoms with Crippen molar-refractivity contribution in [1.82, 2.24) is 0 Å². The van der Waals surface area contributed by atoms with Gasteiger partial charge in [-0.3, -0.25) is 0 Å². The Morgan fingerprint density at radius 3 is 3.43 bits per heavy atom. The summed E-state index contributed by atoms with van der Waals surface area (Å²) in [6, 6.07) is 0. The van der Waals surface area contributed by atoms with Gasteiger partial charge in [-0.15, -0.1) is 0 Å². The Labute approximate surface area is 60.1 Å². The molecular formula is C4H6Se3. The van der Waals surface area contributed by atoms with Crippen molar-refractivity contribution in [3.8, 4) is 0 Å². The van der Waals surface area contributed by atoms with Gasteiger partial charge in [-0.1, -0.05) is 0 Å². The molecule has 0 N–H and O–H groups in total. The second kappa shape index (κ2) is 4.20. The maximum absolute atomic E-state index is 2.40. The Bertz CT molecular complexity index is 61.3. The second-order valence-electron chi connectivity index (χ2n) is 1.15. The third-order valence-corrected chi connectivity index (χ3v) is 17.3. The summed E-state index contributed by atoms with van der Waals surface area (Å²) in [6.45, 7) is 0. The van der Waals surface area contributed by atoms with Crippen LogP contribution in [0.1, 0.15) is 6.42 Å². The van der Waals surface area contributed by atoms with Crippen molar-refractivity contribution in [2.45, 2.75) is 11.7 Å². The predicted molar refractivity (Wildman–Crippen MR) is 35.8 cm³/mol. The first-order valence-electron chi connectivity index (χ1n) is 2.10. The van der Waals surface area contributed by atoms with Crippen LogP contribution in [0.3, 0.4) is 0 Å². The van der Waals surface area contributed by atoms with Gasteiger partial charge < -0.3 is 0 Å². The molecule has 0 saturated heterocycles. The first-order valence-corrected chi connectivity index (χ1v) is 13.0. The van der Waals surface area contributed by atoms with Crippen LogP contribution < -0.4 is 0 Å². The van der Waals surface area contributed by atoms with Gasteiger partial charge in [0.05, 0.1) is 0 Å². The third kappa shape index (κ3) is 2.98. The van der Waals surface area contributed by atoms with Gasteiger partial charge in [0.15, 0.2) is 0 Å². The molecule has 0 aromatic carbocycles. The molecule has 0 bridgehead atoms. The average molecular weight is 291 g/mol. The van der Waals surface area contributed by atoms with Crippen LogP contribution in [0, 0.1) is 0 Å². The van der Waals surface area contributed by atoms with Crippen LogP contribution in [-0.4, -0.2) is 37.6 Å². The van der Waals surface area contributed by atoms with Crippen LogP contribution in [0.15, 0.2) is 11.1 Å². The van der Waals surface area contributed by atoms with Crippen LogP contribution in [0.4, 0.5) is 0 Å². The molecule has 0 aromatic heterocycles. The number of hydrogen-bond donors (Lipinski definition) is 0. The molecule has 0 amide bonds. The molecular weight excluding hydrogens is 285 g/mol. The van der Waals surface area contributed by atoms with Crippen molar-refractivity contribution in [2.24, 2.45) is 0 Å². The number of rotatable bonds is 0. The molecule has 3 heteroatoms. The first kappa shape index (κ1) is 6.42. The van der Waals surface area contributed by atoms with Gasteiger partial charge in [0, 0.05) is 0 Å². The Morgan fingerprint density at radius 2 is 2.43 bits per heavy atom. The molecule has 0 unspecified atom stereocenters. The summed E-state index contributed by atoms with van der Waals surface area (Å²) in [7, 11) is 0. The molecule has 1 heterocycles. The van der Waals surface area contributed by atoms with Crippen molar-refractivity contribution < 1.29 is 0 Å². The van der Waals surface area contributed by atoms with E-state index >= 15 is 0 Å². The summed E-state index contributed by atoms with van der Waals surface area (Å²) in [5.74, 6) is 0. The molecule has 0 radical (unpaired) electrons. The SMILES string of the molecule is C1=C[Se][Se][Se]CC1. The number of hydrogen-bond acceptors (Lipinski definition) is 0. The average Bonchev–Trinajstić information content (AvgIpc) is 1.90. The molecule has 0 fully saturated rings. The van der Waals surface area contributed by atoms with Crippen molar-refractivity contribution in [3.05, 3.63) is 11.1 Å². The van der Waals surface area contributed by atoms with Gasteiger partial charge in [-0.25, -0.2) is 0 Å². The van der Waals surface area contributed by atoms with E-state index in [1.54, 1.807) is 0 Å². The zero-order valence-corrected chi connectivity index (χ0v) is 8.93. The summed E-state index contributed by atoms with van der Waals surface area (Å²) >= 11 is 3.09. The topological polar surface area (TPSA) is 0 Å². The van der Waals surface area contributed by atoms with E-state index in [9.17, 15) is 0 Å². The molecule has 1 rings (SSSR count). The van der Waals surface area contributed by atoms with Gasteiger partial charge in [-0.05, 0) is 0 Å². The van der Waals surface area contributed by atoms with Crippen LogP contribution in [0.25, 0.3) is 0 Å². The fraction of sp³-hybridized carbons (Fsp3) is 0.500. The van der Waals surface area contributed by atoms with Crippen LogP contribution >= 0.6 is 0 Å². The van der Waals surface area contributed by atoms with Crippen molar-refractivity contribution >= 4 is 37.6 Å². The molecule has 1 aliphatic heterocycles. The fourth-order valence-electron chi connectivity index (χ4n) is 0.308. The number of allylic oxidation sites excluding steroid dienone is 1. The molecule has 0 nitrogen and oxygen atoms in total. The van der Waals surface area contributed by atoms with Crippen molar-refractivity contribution in [1.29, 1.82) is 0 Å². The summed E-state index contributed by atoms with van der Waals surface area (Å²) in [5.41, 5.74) is 0. The Balaban J connectivity index is 2.20. The first-order chi connectivity index (χ1) is 3.50. The predicted octanol–water partition coefficient (Wildman–Crippen LogP) is 0.265. The minimum absolute atomic E-state index is 0.948. The summed E-state index contributed by atoms with van der Waals surface area (Å²) in [4.78, 5) is 2.40. The zero-order chi connectivity index (χ0) is 4.95. The van der Waals surface area contributed by atoms with Crippen LogP contribution in [0.5, 0.6) is 0 Å². The molecule has 0 aliphatic carbocycles. The second-order valence-corrected chi connectivity index (χ2v) is 17.6. The van der Waals surface area contributed by atoms with Crippen LogP contribution in [-0.2, 0) is 0 Å². The van der Waals surface area contributed by atoms with E-state index in [1.807, 2.05) is 0 Å². The van der Waals surface area contributed by atoms with E-state index in [0.29, 0.717) is 0 Å². The summed E-state index contributed by atoms with van der Waals surface area (Å²) < 4.78 is 0. The maximum atomic E-state index is 2.40. The van der Waals surface area contributed by atoms with E-state index < -0.39 is 0 Å². The van der Waals surface area contributed by atoms with Crippen molar-refractivity contribution in [2.75, 3.05) is 0 Å². The Hall–Kier alpha value is 1.30. The van der Waals surface area contributed by atoms with E-state index in [2.05, 4.69) is 11.1 Å².